The van der Waals surface area contributed by atoms with Crippen molar-refractivity contribution in [1.82, 2.24) is 0 Å². The molecule has 3 heteroatoms. The second kappa shape index (κ2) is 3.25. The van der Waals surface area contributed by atoms with Crippen LogP contribution in [0.5, 0.6) is 0 Å². The predicted octanol–water partition coefficient (Wildman–Crippen LogP) is 1.77. The minimum atomic E-state index is 0.0491. The van der Waals surface area contributed by atoms with Crippen molar-refractivity contribution in [3.63, 3.8) is 0 Å². The van der Waals surface area contributed by atoms with Gasteiger partial charge in [-0.1, -0.05) is 0 Å². The summed E-state index contributed by atoms with van der Waals surface area (Å²) < 4.78 is 0. The Kier molecular flexibility index (Phi) is 2.08. The number of nitrogens with one attached hydrogen (secondary N) is 1. The lowest BCUT2D eigenvalue weighted by Crippen LogP contribution is -2.19. The molecule has 1 aliphatic heterocycles. The number of aryl methyl sites for hydroxylation is 1. The lowest BCUT2D eigenvalue weighted by molar-refractivity contribution is -0.116. The van der Waals surface area contributed by atoms with E-state index in [0.29, 0.717) is 12.0 Å². The molecule has 0 aliphatic carbocycles. The molecule has 1 amide bonds. The van der Waals surface area contributed by atoms with Crippen molar-refractivity contribution in [1.29, 1.82) is 0 Å². The number of Topliss-reactive ketones (excluding diaryl/α,β-unsaturated/α-hetero) is 1. The van der Waals surface area contributed by atoms with Crippen molar-refractivity contribution < 1.29 is 9.59 Å². The van der Waals surface area contributed by atoms with E-state index in [2.05, 4.69) is 5.32 Å². The zero-order chi connectivity index (χ0) is 10.1. The summed E-state index contributed by atoms with van der Waals surface area (Å²) in [6.45, 7) is 1.54. The normalized spacial score (nSPS) is 14.5. The monoisotopic (exact) mass is 189 g/mol. The smallest absolute Gasteiger partial charge is 0.224 e. The molecule has 0 fully saturated rings. The summed E-state index contributed by atoms with van der Waals surface area (Å²) >= 11 is 0. The number of rotatable bonds is 1. The van der Waals surface area contributed by atoms with Gasteiger partial charge in [-0.2, -0.15) is 0 Å². The standard InChI is InChI=1S/C11H11NO2/c1-7(13)8-2-4-10-9(6-8)3-5-11(14)12-10/h2,4,6H,3,5H2,1H3,(H,12,14). The molecule has 1 aromatic carbocycles. The lowest BCUT2D eigenvalue weighted by atomic mass is 9.99. The maximum atomic E-state index is 11.1. The van der Waals surface area contributed by atoms with Gasteiger partial charge in [-0.05, 0) is 37.1 Å². The summed E-state index contributed by atoms with van der Waals surface area (Å²) in [4.78, 5) is 22.2. The molecule has 0 radical (unpaired) electrons. The number of hydrogen-bond acceptors (Lipinski definition) is 2. The average molecular weight is 189 g/mol. The molecule has 1 N–H and O–H groups in total. The first-order chi connectivity index (χ1) is 6.66. The highest BCUT2D eigenvalue weighted by Gasteiger charge is 2.15. The summed E-state index contributed by atoms with van der Waals surface area (Å²) in [7, 11) is 0. The summed E-state index contributed by atoms with van der Waals surface area (Å²) in [5, 5.41) is 2.78. The SMILES string of the molecule is CC(=O)c1ccc2c(c1)CCC(=O)N2. The van der Waals surface area contributed by atoms with Crippen LogP contribution in [-0.2, 0) is 11.2 Å². The Labute approximate surface area is 82.1 Å². The van der Waals surface area contributed by atoms with Crippen LogP contribution in [0.1, 0.15) is 29.3 Å². The van der Waals surface area contributed by atoms with Crippen molar-refractivity contribution in [3.8, 4) is 0 Å². The number of ketones is 1. The summed E-state index contributed by atoms with van der Waals surface area (Å²) in [5.74, 6) is 0.109. The fourth-order valence-corrected chi connectivity index (χ4v) is 1.60. The molecular formula is C11H11NO2. The Bertz CT molecular complexity index is 410. The van der Waals surface area contributed by atoms with Gasteiger partial charge in [0, 0.05) is 17.7 Å². The highest BCUT2D eigenvalue weighted by molar-refractivity contribution is 5.97. The van der Waals surface area contributed by atoms with E-state index in [9.17, 15) is 9.59 Å². The molecule has 14 heavy (non-hydrogen) atoms. The van der Waals surface area contributed by atoms with Gasteiger partial charge in [0.05, 0.1) is 0 Å². The minimum Gasteiger partial charge on any atom is -0.326 e. The van der Waals surface area contributed by atoms with Gasteiger partial charge in [-0.25, -0.2) is 0 Å². The Morgan fingerprint density at radius 3 is 2.86 bits per heavy atom. The zero-order valence-corrected chi connectivity index (χ0v) is 7.96. The fourth-order valence-electron chi connectivity index (χ4n) is 1.60. The summed E-state index contributed by atoms with van der Waals surface area (Å²) in [6.07, 6.45) is 1.23. The number of hydrogen-bond donors (Lipinski definition) is 1. The van der Waals surface area contributed by atoms with Crippen LogP contribution in [0.15, 0.2) is 18.2 Å². The van der Waals surface area contributed by atoms with E-state index in [1.54, 1.807) is 19.1 Å². The third kappa shape index (κ3) is 1.53. The molecule has 1 heterocycles. The summed E-state index contributed by atoms with van der Waals surface area (Å²) in [5.41, 5.74) is 2.60. The van der Waals surface area contributed by atoms with Gasteiger partial charge in [0.2, 0.25) is 5.91 Å². The van der Waals surface area contributed by atoms with Crippen molar-refractivity contribution in [2.75, 3.05) is 5.32 Å². The molecule has 0 atom stereocenters. The van der Waals surface area contributed by atoms with Crippen molar-refractivity contribution in [2.45, 2.75) is 19.8 Å². The van der Waals surface area contributed by atoms with E-state index in [1.807, 2.05) is 6.07 Å². The Hall–Kier alpha value is -1.64. The molecule has 72 valence electrons. The topological polar surface area (TPSA) is 46.2 Å². The molecule has 0 saturated carbocycles. The zero-order valence-electron chi connectivity index (χ0n) is 7.96. The van der Waals surface area contributed by atoms with Crippen LogP contribution in [0.25, 0.3) is 0 Å². The van der Waals surface area contributed by atoms with Gasteiger partial charge in [0.15, 0.2) is 5.78 Å². The summed E-state index contributed by atoms with van der Waals surface area (Å²) in [6, 6.07) is 5.40. The molecule has 2 rings (SSSR count). The number of carbonyl (C=O) groups is 2. The molecule has 0 bridgehead atoms. The predicted molar refractivity (Wildman–Crippen MR) is 53.4 cm³/mol. The van der Waals surface area contributed by atoms with Gasteiger partial charge >= 0.3 is 0 Å². The lowest BCUT2D eigenvalue weighted by Gasteiger charge is -2.16. The number of carbonyl (C=O) groups excluding carboxylic acids is 2. The first-order valence-corrected chi connectivity index (χ1v) is 4.60. The van der Waals surface area contributed by atoms with Crippen LogP contribution in [-0.4, -0.2) is 11.7 Å². The molecular weight excluding hydrogens is 178 g/mol. The van der Waals surface area contributed by atoms with Crippen LogP contribution in [0.4, 0.5) is 5.69 Å². The molecule has 3 nitrogen and oxygen atoms in total. The molecule has 0 spiro atoms. The Morgan fingerprint density at radius 1 is 1.36 bits per heavy atom. The third-order valence-corrected chi connectivity index (χ3v) is 2.41. The largest absolute Gasteiger partial charge is 0.326 e. The van der Waals surface area contributed by atoms with Gasteiger partial charge in [0.1, 0.15) is 0 Å². The van der Waals surface area contributed by atoms with E-state index in [4.69, 9.17) is 0 Å². The molecule has 0 unspecified atom stereocenters. The first kappa shape index (κ1) is 8.94. The van der Waals surface area contributed by atoms with Crippen LogP contribution in [0, 0.1) is 0 Å². The van der Waals surface area contributed by atoms with Gasteiger partial charge in [-0.3, -0.25) is 9.59 Å². The van der Waals surface area contributed by atoms with Gasteiger partial charge in [0.25, 0.3) is 0 Å². The minimum absolute atomic E-state index is 0.0491. The molecule has 0 aromatic heterocycles. The Balaban J connectivity index is 2.41. The van der Waals surface area contributed by atoms with E-state index >= 15 is 0 Å². The van der Waals surface area contributed by atoms with Crippen molar-refractivity contribution in [2.24, 2.45) is 0 Å². The third-order valence-electron chi connectivity index (χ3n) is 2.41. The molecule has 0 saturated heterocycles. The van der Waals surface area contributed by atoms with Crippen molar-refractivity contribution in [3.05, 3.63) is 29.3 Å². The molecule has 1 aromatic rings. The maximum Gasteiger partial charge on any atom is 0.224 e. The number of anilines is 1. The van der Waals surface area contributed by atoms with Gasteiger partial charge < -0.3 is 5.32 Å². The maximum absolute atomic E-state index is 11.1. The van der Waals surface area contributed by atoms with Crippen LogP contribution >= 0.6 is 0 Å². The second-order valence-corrected chi connectivity index (χ2v) is 3.48. The van der Waals surface area contributed by atoms with E-state index in [1.165, 1.54) is 0 Å². The highest BCUT2D eigenvalue weighted by Crippen LogP contribution is 2.23. The molecule has 1 aliphatic rings. The van der Waals surface area contributed by atoms with E-state index in [0.717, 1.165) is 17.7 Å². The Morgan fingerprint density at radius 2 is 2.14 bits per heavy atom. The number of amides is 1. The highest BCUT2D eigenvalue weighted by atomic mass is 16.1. The second-order valence-electron chi connectivity index (χ2n) is 3.48. The quantitative estimate of drug-likeness (QED) is 0.684. The number of benzene rings is 1. The van der Waals surface area contributed by atoms with Crippen LogP contribution < -0.4 is 5.32 Å². The average Bonchev–Trinajstić information content (AvgIpc) is 2.16. The number of fused-ring (bicyclic) bond motifs is 1. The van der Waals surface area contributed by atoms with Gasteiger partial charge in [-0.15, -0.1) is 0 Å². The van der Waals surface area contributed by atoms with E-state index < -0.39 is 0 Å². The first-order valence-electron chi connectivity index (χ1n) is 4.60. The van der Waals surface area contributed by atoms with Crippen LogP contribution in [0.2, 0.25) is 0 Å². The van der Waals surface area contributed by atoms with E-state index in [-0.39, 0.29) is 11.7 Å². The van der Waals surface area contributed by atoms with Crippen molar-refractivity contribution >= 4 is 17.4 Å². The van der Waals surface area contributed by atoms with Crippen LogP contribution in [0.3, 0.4) is 0 Å². The fraction of sp³-hybridized carbons (Fsp3) is 0.273.